The van der Waals surface area contributed by atoms with Crippen molar-refractivity contribution < 1.29 is 9.53 Å². The molecule has 1 unspecified atom stereocenters. The van der Waals surface area contributed by atoms with E-state index in [9.17, 15) is 4.79 Å². The summed E-state index contributed by atoms with van der Waals surface area (Å²) >= 11 is 0. The zero-order valence-electron chi connectivity index (χ0n) is 11.7. The maximum Gasteiger partial charge on any atom is 0.237 e. The van der Waals surface area contributed by atoms with Gasteiger partial charge in [-0.05, 0) is 11.3 Å². The van der Waals surface area contributed by atoms with Gasteiger partial charge in [-0.2, -0.15) is 0 Å². The van der Waals surface area contributed by atoms with Crippen molar-refractivity contribution in [2.45, 2.75) is 46.8 Å². The highest BCUT2D eigenvalue weighted by Crippen LogP contribution is 2.17. The van der Waals surface area contributed by atoms with Crippen LogP contribution in [0.15, 0.2) is 0 Å². The Morgan fingerprint density at radius 3 is 2.12 bits per heavy atom. The van der Waals surface area contributed by atoms with Crippen LogP contribution in [0.2, 0.25) is 0 Å². The first-order chi connectivity index (χ1) is 7.20. The highest BCUT2D eigenvalue weighted by Gasteiger charge is 2.27. The molecule has 0 saturated carbocycles. The summed E-state index contributed by atoms with van der Waals surface area (Å²) in [6.07, 6.45) is 0.0381. The molecule has 2 atom stereocenters. The molecule has 5 heteroatoms. The van der Waals surface area contributed by atoms with Gasteiger partial charge in [0.1, 0.15) is 0 Å². The van der Waals surface area contributed by atoms with Crippen molar-refractivity contribution in [2.24, 2.45) is 17.1 Å². The SMILES string of the molecule is COC(CNC(=O)[C@@H](N)C(C)(C)C)C(C)C.Cl. The van der Waals surface area contributed by atoms with E-state index in [1.807, 2.05) is 20.8 Å². The van der Waals surface area contributed by atoms with Crippen molar-refractivity contribution in [1.82, 2.24) is 5.32 Å². The summed E-state index contributed by atoms with van der Waals surface area (Å²) in [4.78, 5) is 11.7. The Morgan fingerprint density at radius 1 is 1.35 bits per heavy atom. The van der Waals surface area contributed by atoms with Crippen molar-refractivity contribution in [3.8, 4) is 0 Å². The summed E-state index contributed by atoms with van der Waals surface area (Å²) in [5, 5.41) is 2.83. The number of ether oxygens (including phenoxy) is 1. The third-order valence-corrected chi connectivity index (χ3v) is 2.74. The van der Waals surface area contributed by atoms with Gasteiger partial charge in [0.15, 0.2) is 0 Å². The molecule has 3 N–H and O–H groups in total. The van der Waals surface area contributed by atoms with E-state index >= 15 is 0 Å². The van der Waals surface area contributed by atoms with Gasteiger partial charge in [0.25, 0.3) is 0 Å². The van der Waals surface area contributed by atoms with Gasteiger partial charge < -0.3 is 15.8 Å². The number of hydrogen-bond acceptors (Lipinski definition) is 3. The molecular formula is C12H27ClN2O2. The fraction of sp³-hybridized carbons (Fsp3) is 0.917. The Labute approximate surface area is 111 Å². The van der Waals surface area contributed by atoms with Gasteiger partial charge in [-0.15, -0.1) is 12.4 Å². The Morgan fingerprint density at radius 2 is 1.82 bits per heavy atom. The van der Waals surface area contributed by atoms with E-state index in [-0.39, 0.29) is 29.8 Å². The molecule has 0 aromatic carbocycles. The molecule has 17 heavy (non-hydrogen) atoms. The van der Waals surface area contributed by atoms with Crippen molar-refractivity contribution in [2.75, 3.05) is 13.7 Å². The largest absolute Gasteiger partial charge is 0.379 e. The number of halogens is 1. The monoisotopic (exact) mass is 266 g/mol. The van der Waals surface area contributed by atoms with Gasteiger partial charge >= 0.3 is 0 Å². The van der Waals surface area contributed by atoms with Crippen LogP contribution in [0.1, 0.15) is 34.6 Å². The lowest BCUT2D eigenvalue weighted by Crippen LogP contribution is -2.50. The number of nitrogens with one attached hydrogen (secondary N) is 1. The predicted octanol–water partition coefficient (Wildman–Crippen LogP) is 1.57. The topological polar surface area (TPSA) is 64.3 Å². The summed E-state index contributed by atoms with van der Waals surface area (Å²) in [7, 11) is 1.65. The zero-order chi connectivity index (χ0) is 12.9. The molecule has 0 rings (SSSR count). The molecule has 0 radical (unpaired) electrons. The number of methoxy groups -OCH3 is 1. The number of rotatable bonds is 5. The second-order valence-corrected chi connectivity index (χ2v) is 5.61. The number of carbonyl (C=O) groups is 1. The molecule has 0 fully saturated rings. The molecule has 0 aliphatic carbocycles. The molecule has 0 heterocycles. The van der Waals surface area contributed by atoms with Gasteiger partial charge in [0.2, 0.25) is 5.91 Å². The Kier molecular flexibility index (Phi) is 8.84. The van der Waals surface area contributed by atoms with Crippen LogP contribution in [-0.4, -0.2) is 31.7 Å². The van der Waals surface area contributed by atoms with Crippen molar-refractivity contribution >= 4 is 18.3 Å². The third kappa shape index (κ3) is 6.86. The number of nitrogens with two attached hydrogens (primary N) is 1. The van der Waals surface area contributed by atoms with Crippen molar-refractivity contribution in [1.29, 1.82) is 0 Å². The first kappa shape index (κ1) is 19.0. The standard InChI is InChI=1S/C12H26N2O2.ClH/c1-8(2)9(16-6)7-14-11(15)10(13)12(3,4)5;/h8-10H,7,13H2,1-6H3,(H,14,15);1H/t9?,10-;/m1./s1. The number of hydrogen-bond donors (Lipinski definition) is 2. The van der Waals surface area contributed by atoms with E-state index in [2.05, 4.69) is 19.2 Å². The molecule has 0 aliphatic heterocycles. The number of amides is 1. The summed E-state index contributed by atoms with van der Waals surface area (Å²) < 4.78 is 5.27. The smallest absolute Gasteiger partial charge is 0.237 e. The molecule has 0 spiro atoms. The first-order valence-corrected chi connectivity index (χ1v) is 5.76. The van der Waals surface area contributed by atoms with Gasteiger partial charge in [-0.1, -0.05) is 34.6 Å². The van der Waals surface area contributed by atoms with Crippen LogP contribution in [0.25, 0.3) is 0 Å². The fourth-order valence-corrected chi connectivity index (χ4v) is 1.30. The van der Waals surface area contributed by atoms with Crippen LogP contribution in [0, 0.1) is 11.3 Å². The second kappa shape index (κ2) is 7.90. The maximum absolute atomic E-state index is 11.7. The van der Waals surface area contributed by atoms with Crippen LogP contribution < -0.4 is 11.1 Å². The van der Waals surface area contributed by atoms with Crippen LogP contribution in [0.4, 0.5) is 0 Å². The number of carbonyl (C=O) groups excluding carboxylic acids is 1. The second-order valence-electron chi connectivity index (χ2n) is 5.61. The van der Waals surface area contributed by atoms with E-state index in [1.54, 1.807) is 7.11 Å². The Hall–Kier alpha value is -0.320. The molecule has 104 valence electrons. The quantitative estimate of drug-likeness (QED) is 0.794. The lowest BCUT2D eigenvalue weighted by Gasteiger charge is -2.27. The molecule has 0 aromatic heterocycles. The van der Waals surface area contributed by atoms with Gasteiger partial charge in [0.05, 0.1) is 12.1 Å². The van der Waals surface area contributed by atoms with Crippen LogP contribution in [0.3, 0.4) is 0 Å². The Balaban J connectivity index is 0. The molecular weight excluding hydrogens is 240 g/mol. The van der Waals surface area contributed by atoms with Crippen LogP contribution in [0.5, 0.6) is 0 Å². The van der Waals surface area contributed by atoms with E-state index in [1.165, 1.54) is 0 Å². The normalized spacial score (nSPS) is 15.1. The highest BCUT2D eigenvalue weighted by molar-refractivity contribution is 5.85. The van der Waals surface area contributed by atoms with E-state index in [4.69, 9.17) is 10.5 Å². The summed E-state index contributed by atoms with van der Waals surface area (Å²) in [5.74, 6) is 0.256. The fourth-order valence-electron chi connectivity index (χ4n) is 1.30. The lowest BCUT2D eigenvalue weighted by molar-refractivity contribution is -0.125. The summed E-state index contributed by atoms with van der Waals surface area (Å²) in [5.41, 5.74) is 5.63. The maximum atomic E-state index is 11.7. The van der Waals surface area contributed by atoms with E-state index in [0.717, 1.165) is 0 Å². The molecule has 0 aromatic rings. The van der Waals surface area contributed by atoms with Crippen molar-refractivity contribution in [3.05, 3.63) is 0 Å². The van der Waals surface area contributed by atoms with Crippen molar-refractivity contribution in [3.63, 3.8) is 0 Å². The minimum Gasteiger partial charge on any atom is -0.379 e. The van der Waals surface area contributed by atoms with Crippen LogP contribution in [-0.2, 0) is 9.53 Å². The van der Waals surface area contributed by atoms with E-state index < -0.39 is 6.04 Å². The predicted molar refractivity (Wildman–Crippen MR) is 73.3 cm³/mol. The zero-order valence-corrected chi connectivity index (χ0v) is 12.6. The van der Waals surface area contributed by atoms with Gasteiger partial charge in [-0.25, -0.2) is 0 Å². The third-order valence-electron chi connectivity index (χ3n) is 2.74. The summed E-state index contributed by atoms with van der Waals surface area (Å²) in [6.45, 7) is 10.5. The van der Waals surface area contributed by atoms with Gasteiger partial charge in [0, 0.05) is 13.7 Å². The molecule has 1 amide bonds. The average molecular weight is 267 g/mol. The molecule has 0 bridgehead atoms. The minimum atomic E-state index is -0.489. The van der Waals surface area contributed by atoms with E-state index in [0.29, 0.717) is 12.5 Å². The van der Waals surface area contributed by atoms with Crippen LogP contribution >= 0.6 is 12.4 Å². The highest BCUT2D eigenvalue weighted by atomic mass is 35.5. The van der Waals surface area contributed by atoms with Gasteiger partial charge in [-0.3, -0.25) is 4.79 Å². The molecule has 4 nitrogen and oxygen atoms in total. The summed E-state index contributed by atoms with van der Waals surface area (Å²) in [6, 6.07) is -0.489. The lowest BCUT2D eigenvalue weighted by atomic mass is 9.87. The molecule has 0 aliphatic rings. The minimum absolute atomic E-state index is 0. The first-order valence-electron chi connectivity index (χ1n) is 5.76. The molecule has 0 saturated heterocycles. The average Bonchev–Trinajstić information content (AvgIpc) is 2.15. The Bertz CT molecular complexity index is 227.